The van der Waals surface area contributed by atoms with Crippen LogP contribution >= 0.6 is 0 Å². The Labute approximate surface area is 323 Å². The normalized spacial score (nSPS) is 11.4. The lowest BCUT2D eigenvalue weighted by atomic mass is 10.0. The van der Waals surface area contributed by atoms with Gasteiger partial charge in [-0.15, -0.1) is 0 Å². The smallest absolute Gasteiger partial charge is 0.310 e. The minimum Gasteiger partial charge on any atom is -0.435 e. The van der Waals surface area contributed by atoms with Crippen molar-refractivity contribution >= 4 is 5.97 Å². The van der Waals surface area contributed by atoms with Gasteiger partial charge in [0.2, 0.25) is 0 Å². The summed E-state index contributed by atoms with van der Waals surface area (Å²) >= 11 is 0. The molecule has 0 rings (SSSR count). The van der Waals surface area contributed by atoms with Gasteiger partial charge in [0.1, 0.15) is 0 Å². The van der Waals surface area contributed by atoms with E-state index in [1.165, 1.54) is 276 Å². The summed E-state index contributed by atoms with van der Waals surface area (Å²) in [6.45, 7) is 5.73. The number of esters is 1. The molecule has 0 aromatic heterocycles. The van der Waals surface area contributed by atoms with Gasteiger partial charge in [0.05, 0.1) is 6.26 Å². The Balaban J connectivity index is 3.06. The van der Waals surface area contributed by atoms with E-state index in [1.807, 2.05) is 0 Å². The van der Waals surface area contributed by atoms with Gasteiger partial charge >= 0.3 is 5.97 Å². The molecule has 0 aromatic rings. The van der Waals surface area contributed by atoms with E-state index in [0.717, 1.165) is 12.8 Å². The predicted molar refractivity (Wildman–Crippen MR) is 230 cm³/mol. The summed E-state index contributed by atoms with van der Waals surface area (Å²) in [6.07, 6.45) is 65.1. The highest BCUT2D eigenvalue weighted by molar-refractivity contribution is 5.69. The monoisotopic (exact) mass is 717 g/mol. The second-order valence-corrected chi connectivity index (χ2v) is 16.6. The fourth-order valence-electron chi connectivity index (χ4n) is 7.92. The molecule has 0 saturated carbocycles. The van der Waals surface area contributed by atoms with Crippen LogP contribution in [0.25, 0.3) is 0 Å². The lowest BCUT2D eigenvalue weighted by Crippen LogP contribution is -1.98. The van der Waals surface area contributed by atoms with E-state index in [-0.39, 0.29) is 5.97 Å². The van der Waals surface area contributed by atoms with Crippen molar-refractivity contribution in [2.45, 2.75) is 296 Å². The zero-order valence-corrected chi connectivity index (χ0v) is 35.4. The summed E-state index contributed by atoms with van der Waals surface area (Å²) in [5.74, 6) is -0.142. The van der Waals surface area contributed by atoms with Crippen molar-refractivity contribution in [1.82, 2.24) is 0 Å². The van der Waals surface area contributed by atoms with Gasteiger partial charge in [-0.1, -0.05) is 290 Å². The molecule has 0 aliphatic rings. The molecule has 0 bridgehead atoms. The van der Waals surface area contributed by atoms with Crippen LogP contribution < -0.4 is 0 Å². The zero-order chi connectivity index (χ0) is 36.8. The first kappa shape index (κ1) is 50.2. The largest absolute Gasteiger partial charge is 0.435 e. The Morgan fingerprint density at radius 1 is 0.314 bits per heavy atom. The van der Waals surface area contributed by atoms with Gasteiger partial charge in [-0.3, -0.25) is 4.79 Å². The maximum absolute atomic E-state index is 11.3. The Kier molecular flexibility index (Phi) is 46.5. The number of carbonyl (C=O) groups excluding carboxylic acids is 1. The summed E-state index contributed by atoms with van der Waals surface area (Å²) in [4.78, 5) is 11.3. The molecule has 0 heterocycles. The summed E-state index contributed by atoms with van der Waals surface area (Å²) in [6, 6.07) is 0. The second kappa shape index (κ2) is 47.2. The highest BCUT2D eigenvalue weighted by Gasteiger charge is 2.01. The summed E-state index contributed by atoms with van der Waals surface area (Å²) in [5.41, 5.74) is 0. The molecule has 0 aromatic carbocycles. The fourth-order valence-corrected chi connectivity index (χ4v) is 7.92. The molecule has 51 heavy (non-hydrogen) atoms. The minimum absolute atomic E-state index is 0.142. The lowest BCUT2D eigenvalue weighted by molar-refractivity contribution is -0.138. The van der Waals surface area contributed by atoms with E-state index in [9.17, 15) is 4.79 Å². The molecule has 0 radical (unpaired) electrons. The molecule has 0 aliphatic heterocycles. The van der Waals surface area contributed by atoms with Crippen molar-refractivity contribution in [2.75, 3.05) is 0 Å². The van der Waals surface area contributed by atoms with E-state index in [1.54, 1.807) is 0 Å². The maximum atomic E-state index is 11.3. The standard InChI is InChI=1S/C49H96O2/c1-3-5-6-7-8-9-10-11-12-13-14-15-16-17-18-19-20-21-22-23-24-25-26-27-28-29-30-31-32-33-34-35-36-37-38-39-40-41-42-43-44-45-46-47-48-49(50)51-4-2/h4H,2-3,5-48H2,1H3. The van der Waals surface area contributed by atoms with Crippen molar-refractivity contribution in [1.29, 1.82) is 0 Å². The number of unbranched alkanes of at least 4 members (excludes halogenated alkanes) is 43. The van der Waals surface area contributed by atoms with Crippen molar-refractivity contribution in [3.8, 4) is 0 Å². The van der Waals surface area contributed by atoms with Crippen LogP contribution in [0.15, 0.2) is 12.8 Å². The third-order valence-electron chi connectivity index (χ3n) is 11.4. The number of rotatable bonds is 46. The molecular weight excluding hydrogens is 621 g/mol. The molecule has 0 amide bonds. The third-order valence-corrected chi connectivity index (χ3v) is 11.4. The molecule has 304 valence electrons. The van der Waals surface area contributed by atoms with Crippen LogP contribution in [0.5, 0.6) is 0 Å². The first-order valence-electron chi connectivity index (χ1n) is 24.1. The van der Waals surface area contributed by atoms with Gasteiger partial charge < -0.3 is 4.74 Å². The highest BCUT2D eigenvalue weighted by Crippen LogP contribution is 2.18. The molecule has 0 fully saturated rings. The van der Waals surface area contributed by atoms with E-state index in [4.69, 9.17) is 4.74 Å². The molecule has 2 heteroatoms. The van der Waals surface area contributed by atoms with E-state index in [0.29, 0.717) is 6.42 Å². The second-order valence-electron chi connectivity index (χ2n) is 16.6. The fraction of sp³-hybridized carbons (Fsp3) is 0.939. The van der Waals surface area contributed by atoms with Crippen LogP contribution in [0.2, 0.25) is 0 Å². The minimum atomic E-state index is -0.142. The molecule has 0 N–H and O–H groups in total. The average Bonchev–Trinajstić information content (AvgIpc) is 3.13. The lowest BCUT2D eigenvalue weighted by Gasteiger charge is -2.05. The van der Waals surface area contributed by atoms with Crippen LogP contribution in [-0.4, -0.2) is 5.97 Å². The van der Waals surface area contributed by atoms with Crippen molar-refractivity contribution in [2.24, 2.45) is 0 Å². The predicted octanol–water partition coefficient (Wildman–Crippen LogP) is 18.2. The maximum Gasteiger partial charge on any atom is 0.310 e. The molecule has 0 spiro atoms. The molecule has 2 nitrogen and oxygen atoms in total. The Morgan fingerprint density at radius 2 is 0.471 bits per heavy atom. The van der Waals surface area contributed by atoms with E-state index < -0.39 is 0 Å². The van der Waals surface area contributed by atoms with Crippen molar-refractivity contribution in [3.05, 3.63) is 12.8 Å². The van der Waals surface area contributed by atoms with Crippen molar-refractivity contribution < 1.29 is 9.53 Å². The molecule has 0 unspecified atom stereocenters. The Hall–Kier alpha value is -0.790. The van der Waals surface area contributed by atoms with E-state index in [2.05, 4.69) is 13.5 Å². The van der Waals surface area contributed by atoms with Gasteiger partial charge in [0, 0.05) is 6.42 Å². The summed E-state index contributed by atoms with van der Waals surface area (Å²) < 4.78 is 4.75. The molecular formula is C49H96O2. The van der Waals surface area contributed by atoms with E-state index >= 15 is 0 Å². The third kappa shape index (κ3) is 47.2. The van der Waals surface area contributed by atoms with Crippen LogP contribution in [0.3, 0.4) is 0 Å². The summed E-state index contributed by atoms with van der Waals surface area (Å²) in [5, 5.41) is 0. The Morgan fingerprint density at radius 3 is 0.627 bits per heavy atom. The van der Waals surface area contributed by atoms with Crippen molar-refractivity contribution in [3.63, 3.8) is 0 Å². The van der Waals surface area contributed by atoms with Gasteiger partial charge in [0.25, 0.3) is 0 Å². The number of ether oxygens (including phenoxy) is 1. The first-order chi connectivity index (χ1) is 25.3. The van der Waals surface area contributed by atoms with Crippen LogP contribution in [0.4, 0.5) is 0 Å². The number of hydrogen-bond acceptors (Lipinski definition) is 2. The Bertz CT molecular complexity index is 642. The van der Waals surface area contributed by atoms with Gasteiger partial charge in [-0.05, 0) is 6.42 Å². The van der Waals surface area contributed by atoms with Crippen LogP contribution in [0, 0.1) is 0 Å². The zero-order valence-electron chi connectivity index (χ0n) is 35.4. The summed E-state index contributed by atoms with van der Waals surface area (Å²) in [7, 11) is 0. The van der Waals surface area contributed by atoms with Gasteiger partial charge in [-0.25, -0.2) is 0 Å². The highest BCUT2D eigenvalue weighted by atomic mass is 16.5. The molecule has 0 atom stereocenters. The average molecular weight is 717 g/mol. The molecule has 0 aliphatic carbocycles. The topological polar surface area (TPSA) is 26.3 Å². The van der Waals surface area contributed by atoms with Crippen LogP contribution in [0.1, 0.15) is 296 Å². The first-order valence-corrected chi connectivity index (χ1v) is 24.1. The van der Waals surface area contributed by atoms with Crippen LogP contribution in [-0.2, 0) is 9.53 Å². The molecule has 0 saturated heterocycles. The van der Waals surface area contributed by atoms with Gasteiger partial charge in [-0.2, -0.15) is 0 Å². The number of carbonyl (C=O) groups is 1. The quantitative estimate of drug-likeness (QED) is 0.0356. The number of hydrogen-bond donors (Lipinski definition) is 0. The SMILES string of the molecule is C=COC(=O)CCCCCCCCCCCCCCCCCCCCCCCCCCCCCCCCCCCCCCCCCCCCCC. The van der Waals surface area contributed by atoms with Gasteiger partial charge in [0.15, 0.2) is 0 Å².